The second-order valence-electron chi connectivity index (χ2n) is 7.19. The van der Waals surface area contributed by atoms with E-state index < -0.39 is 0 Å². The smallest absolute Gasteiger partial charge is 0.230 e. The van der Waals surface area contributed by atoms with Gasteiger partial charge in [0.25, 0.3) is 0 Å². The minimum atomic E-state index is 0.0408. The van der Waals surface area contributed by atoms with E-state index >= 15 is 0 Å². The maximum absolute atomic E-state index is 13.3. The molecule has 1 aliphatic heterocycles. The number of fused-ring (bicyclic) bond motifs is 1. The molecule has 1 aliphatic carbocycles. The molecule has 1 aromatic heterocycles. The van der Waals surface area contributed by atoms with Crippen molar-refractivity contribution < 1.29 is 4.79 Å². The molecule has 2 heterocycles. The van der Waals surface area contributed by atoms with Crippen LogP contribution in [0.4, 0.5) is 0 Å². The van der Waals surface area contributed by atoms with Gasteiger partial charge in [-0.3, -0.25) is 9.48 Å². The monoisotopic (exact) mass is 323 g/mol. The summed E-state index contributed by atoms with van der Waals surface area (Å²) in [6.07, 6.45) is 4.11. The van der Waals surface area contributed by atoms with Gasteiger partial charge in [-0.15, -0.1) is 0 Å². The first-order valence-corrected chi connectivity index (χ1v) is 8.96. The molecule has 1 saturated heterocycles. The summed E-state index contributed by atoms with van der Waals surface area (Å²) < 4.78 is 1.94. The van der Waals surface area contributed by atoms with Crippen LogP contribution >= 0.6 is 0 Å². The molecule has 1 aromatic carbocycles. The van der Waals surface area contributed by atoms with E-state index in [2.05, 4.69) is 48.1 Å². The lowest BCUT2D eigenvalue weighted by Gasteiger charge is -2.28. The van der Waals surface area contributed by atoms with Gasteiger partial charge >= 0.3 is 0 Å². The van der Waals surface area contributed by atoms with Gasteiger partial charge in [0.1, 0.15) is 0 Å². The molecule has 126 valence electrons. The van der Waals surface area contributed by atoms with E-state index in [0.717, 1.165) is 37.9 Å². The van der Waals surface area contributed by atoms with Crippen molar-refractivity contribution in [2.75, 3.05) is 6.54 Å². The van der Waals surface area contributed by atoms with Crippen molar-refractivity contribution in [2.45, 2.75) is 51.5 Å². The average molecular weight is 323 g/mol. The number of carbonyl (C=O) groups excluding carboxylic acids is 1. The van der Waals surface area contributed by atoms with Crippen LogP contribution in [-0.2, 0) is 18.3 Å². The van der Waals surface area contributed by atoms with Crippen molar-refractivity contribution in [2.24, 2.45) is 7.05 Å². The van der Waals surface area contributed by atoms with Crippen LogP contribution in [0.2, 0.25) is 0 Å². The molecule has 0 unspecified atom stereocenters. The summed E-state index contributed by atoms with van der Waals surface area (Å²) in [6.45, 7) is 5.05. The van der Waals surface area contributed by atoms with Crippen LogP contribution in [0.3, 0.4) is 0 Å². The third-order valence-corrected chi connectivity index (χ3v) is 5.87. The van der Waals surface area contributed by atoms with Crippen LogP contribution in [0.15, 0.2) is 24.3 Å². The van der Waals surface area contributed by atoms with E-state index in [-0.39, 0.29) is 12.0 Å². The van der Waals surface area contributed by atoms with Crippen LogP contribution in [0.5, 0.6) is 0 Å². The molecular formula is C20H25N3O. The maximum atomic E-state index is 13.3. The van der Waals surface area contributed by atoms with E-state index in [0.29, 0.717) is 5.91 Å². The summed E-state index contributed by atoms with van der Waals surface area (Å²) in [7, 11) is 1.99. The van der Waals surface area contributed by atoms with Crippen molar-refractivity contribution in [3.8, 4) is 0 Å². The Hall–Kier alpha value is -2.10. The van der Waals surface area contributed by atoms with Crippen molar-refractivity contribution in [1.82, 2.24) is 14.7 Å². The highest BCUT2D eigenvalue weighted by Gasteiger charge is 2.38. The van der Waals surface area contributed by atoms with Gasteiger partial charge in [0.2, 0.25) is 5.91 Å². The van der Waals surface area contributed by atoms with Gasteiger partial charge in [0, 0.05) is 24.8 Å². The topological polar surface area (TPSA) is 38.1 Å². The molecule has 0 radical (unpaired) electrons. The largest absolute Gasteiger partial charge is 0.335 e. The number of aromatic nitrogens is 2. The Labute approximate surface area is 143 Å². The van der Waals surface area contributed by atoms with E-state index in [4.69, 9.17) is 0 Å². The number of rotatable bonds is 2. The molecule has 4 nitrogen and oxygen atoms in total. The highest BCUT2D eigenvalue weighted by Crippen LogP contribution is 2.40. The summed E-state index contributed by atoms with van der Waals surface area (Å²) >= 11 is 0. The zero-order chi connectivity index (χ0) is 16.8. The minimum absolute atomic E-state index is 0.0408. The van der Waals surface area contributed by atoms with Crippen LogP contribution < -0.4 is 0 Å². The number of nitrogens with zero attached hydrogens (tertiary/aromatic N) is 3. The number of amides is 1. The summed E-state index contributed by atoms with van der Waals surface area (Å²) in [5.74, 6) is 0.351. The predicted octanol–water partition coefficient (Wildman–Crippen LogP) is 3.43. The fourth-order valence-corrected chi connectivity index (χ4v) is 4.62. The molecule has 0 saturated carbocycles. The van der Waals surface area contributed by atoms with E-state index in [1.807, 2.05) is 11.7 Å². The first kappa shape index (κ1) is 15.4. The van der Waals surface area contributed by atoms with Gasteiger partial charge in [0.05, 0.1) is 17.7 Å². The Kier molecular flexibility index (Phi) is 3.70. The molecule has 0 bridgehead atoms. The van der Waals surface area contributed by atoms with E-state index in [9.17, 15) is 4.79 Å². The lowest BCUT2D eigenvalue weighted by molar-refractivity contribution is -0.133. The summed E-state index contributed by atoms with van der Waals surface area (Å²) in [4.78, 5) is 15.5. The first-order chi connectivity index (χ1) is 11.6. The fourth-order valence-electron chi connectivity index (χ4n) is 4.62. The first-order valence-electron chi connectivity index (χ1n) is 8.96. The number of likely N-dealkylation sites (tertiary alicyclic amines) is 1. The third kappa shape index (κ3) is 2.27. The standard InChI is InChI=1S/C20H25N3O/c1-13-19(14(2)22(3)21-13)18-9-6-12-23(18)20(24)17-11-10-15-7-4-5-8-16(15)17/h4-5,7-8,17-18H,6,9-12H2,1-3H3/t17-,18+/m1/s1. The molecule has 0 N–H and O–H groups in total. The molecule has 4 rings (SSSR count). The van der Waals surface area contributed by atoms with Crippen molar-refractivity contribution >= 4 is 5.91 Å². The highest BCUT2D eigenvalue weighted by molar-refractivity contribution is 5.85. The lowest BCUT2D eigenvalue weighted by Crippen LogP contribution is -2.34. The summed E-state index contributed by atoms with van der Waals surface area (Å²) in [6, 6.07) is 8.63. The number of benzene rings is 1. The van der Waals surface area contributed by atoms with Gasteiger partial charge in [-0.05, 0) is 50.7 Å². The summed E-state index contributed by atoms with van der Waals surface area (Å²) in [5.41, 5.74) is 6.10. The normalized spacial score (nSPS) is 22.9. The van der Waals surface area contributed by atoms with Crippen molar-refractivity contribution in [1.29, 1.82) is 0 Å². The number of aryl methyl sites for hydroxylation is 3. The second-order valence-corrected chi connectivity index (χ2v) is 7.19. The van der Waals surface area contributed by atoms with Gasteiger partial charge in [0.15, 0.2) is 0 Å². The van der Waals surface area contributed by atoms with Gasteiger partial charge in [-0.2, -0.15) is 5.10 Å². The number of hydrogen-bond donors (Lipinski definition) is 0. The van der Waals surface area contributed by atoms with Crippen molar-refractivity contribution in [3.63, 3.8) is 0 Å². The molecule has 0 spiro atoms. The van der Waals surface area contributed by atoms with Gasteiger partial charge in [-0.25, -0.2) is 0 Å². The quantitative estimate of drug-likeness (QED) is 0.849. The highest BCUT2D eigenvalue weighted by atomic mass is 16.2. The zero-order valence-electron chi connectivity index (χ0n) is 14.7. The molecule has 4 heteroatoms. The maximum Gasteiger partial charge on any atom is 0.230 e. The van der Waals surface area contributed by atoms with Crippen LogP contribution in [0, 0.1) is 13.8 Å². The third-order valence-electron chi connectivity index (χ3n) is 5.87. The number of carbonyl (C=O) groups is 1. The van der Waals surface area contributed by atoms with Gasteiger partial charge < -0.3 is 4.90 Å². The van der Waals surface area contributed by atoms with E-state index in [1.165, 1.54) is 22.4 Å². The zero-order valence-corrected chi connectivity index (χ0v) is 14.7. The van der Waals surface area contributed by atoms with Crippen LogP contribution in [0.25, 0.3) is 0 Å². The van der Waals surface area contributed by atoms with Crippen molar-refractivity contribution in [3.05, 3.63) is 52.3 Å². The Morgan fingerprint density at radius 3 is 2.75 bits per heavy atom. The minimum Gasteiger partial charge on any atom is -0.335 e. The van der Waals surface area contributed by atoms with Crippen LogP contribution in [-0.4, -0.2) is 27.1 Å². The fraction of sp³-hybridized carbons (Fsp3) is 0.500. The molecule has 2 atom stereocenters. The molecule has 1 amide bonds. The van der Waals surface area contributed by atoms with Gasteiger partial charge in [-0.1, -0.05) is 24.3 Å². The molecule has 2 aliphatic rings. The second kappa shape index (κ2) is 5.76. The Balaban J connectivity index is 1.65. The Morgan fingerprint density at radius 2 is 2.00 bits per heavy atom. The predicted molar refractivity (Wildman–Crippen MR) is 93.9 cm³/mol. The lowest BCUT2D eigenvalue weighted by atomic mass is 9.97. The molecule has 2 aromatic rings. The summed E-state index contributed by atoms with van der Waals surface area (Å²) in [5, 5.41) is 4.56. The molecule has 24 heavy (non-hydrogen) atoms. The SMILES string of the molecule is Cc1nn(C)c(C)c1[C@@H]1CCCN1C(=O)[C@@H]1CCc2ccccc21. The average Bonchev–Trinajstić information content (AvgIpc) is 3.26. The Bertz CT molecular complexity index is 792. The van der Waals surface area contributed by atoms with Crippen LogP contribution in [0.1, 0.15) is 59.3 Å². The van der Waals surface area contributed by atoms with E-state index in [1.54, 1.807) is 0 Å². The number of hydrogen-bond acceptors (Lipinski definition) is 2. The Morgan fingerprint density at radius 1 is 1.21 bits per heavy atom. The molecular weight excluding hydrogens is 298 g/mol. The molecule has 1 fully saturated rings.